The Kier molecular flexibility index (Phi) is 7.66. The molecule has 31 heavy (non-hydrogen) atoms. The fraction of sp³-hybridized carbons (Fsp3) is 0.250. The van der Waals surface area contributed by atoms with Gasteiger partial charge < -0.3 is 4.74 Å². The minimum absolute atomic E-state index is 0.0407. The van der Waals surface area contributed by atoms with Crippen molar-refractivity contribution in [2.24, 2.45) is 0 Å². The van der Waals surface area contributed by atoms with E-state index in [4.69, 9.17) is 4.74 Å². The zero-order valence-electron chi connectivity index (χ0n) is 17.0. The van der Waals surface area contributed by atoms with E-state index in [-0.39, 0.29) is 10.8 Å². The maximum absolute atomic E-state index is 12.8. The summed E-state index contributed by atoms with van der Waals surface area (Å²) < 4.78 is 33.1. The molecule has 0 bridgehead atoms. The van der Waals surface area contributed by atoms with Crippen LogP contribution < -0.4 is 14.8 Å². The molecule has 0 aliphatic carbocycles. The van der Waals surface area contributed by atoms with E-state index >= 15 is 0 Å². The molecule has 3 N–H and O–H groups in total. The van der Waals surface area contributed by atoms with Crippen LogP contribution in [0.1, 0.15) is 6.42 Å². The summed E-state index contributed by atoms with van der Waals surface area (Å²) in [6.07, 6.45) is 2.19. The monoisotopic (exact) mass is 461 g/mol. The van der Waals surface area contributed by atoms with Crippen LogP contribution in [-0.4, -0.2) is 54.7 Å². The van der Waals surface area contributed by atoms with E-state index < -0.39 is 22.0 Å². The molecule has 11 heteroatoms. The minimum atomic E-state index is -3.86. The zero-order valence-corrected chi connectivity index (χ0v) is 18.7. The van der Waals surface area contributed by atoms with Gasteiger partial charge in [-0.2, -0.15) is 21.5 Å². The number of hydrogen-bond donors (Lipinski definition) is 3. The van der Waals surface area contributed by atoms with Gasteiger partial charge in [-0.05, 0) is 42.7 Å². The molecule has 1 aromatic heterocycles. The smallest absolute Gasteiger partial charge is 0.249 e. The van der Waals surface area contributed by atoms with Crippen molar-refractivity contribution >= 4 is 33.6 Å². The van der Waals surface area contributed by atoms with Crippen LogP contribution >= 0.6 is 11.8 Å². The normalized spacial score (nSPS) is 12.3. The zero-order chi connectivity index (χ0) is 22.3. The van der Waals surface area contributed by atoms with Gasteiger partial charge in [0.15, 0.2) is 5.82 Å². The largest absolute Gasteiger partial charge is 0.496 e. The van der Waals surface area contributed by atoms with E-state index in [9.17, 15) is 13.2 Å². The number of sulfonamides is 1. The minimum Gasteiger partial charge on any atom is -0.496 e. The van der Waals surface area contributed by atoms with E-state index in [0.29, 0.717) is 29.3 Å². The van der Waals surface area contributed by atoms with E-state index in [1.807, 2.05) is 18.4 Å². The second-order valence-corrected chi connectivity index (χ2v) is 9.17. The first-order valence-electron chi connectivity index (χ1n) is 9.37. The standard InChI is InChI=1S/C20H23N5O4S2/c1-29-17-11-7-6-10-15(17)18-21-20(24-23-18)22-19(26)16(12-13-30-2)25-31(27,28)14-8-4-3-5-9-14/h3-11,16,25H,12-13H2,1-2H3,(H2,21,22,23,24,26). The van der Waals surface area contributed by atoms with Gasteiger partial charge in [0.25, 0.3) is 0 Å². The van der Waals surface area contributed by atoms with Gasteiger partial charge in [-0.25, -0.2) is 8.42 Å². The molecule has 0 aliphatic heterocycles. The number of H-pyrrole nitrogens is 1. The fourth-order valence-electron chi connectivity index (χ4n) is 2.81. The highest BCUT2D eigenvalue weighted by atomic mass is 32.2. The summed E-state index contributed by atoms with van der Waals surface area (Å²) in [7, 11) is -2.31. The van der Waals surface area contributed by atoms with Gasteiger partial charge >= 0.3 is 0 Å². The Labute approximate surface area is 185 Å². The number of para-hydroxylation sites is 1. The Balaban J connectivity index is 1.76. The van der Waals surface area contributed by atoms with Gasteiger partial charge in [-0.1, -0.05) is 30.3 Å². The number of aromatic amines is 1. The highest BCUT2D eigenvalue weighted by Gasteiger charge is 2.26. The van der Waals surface area contributed by atoms with Crippen molar-refractivity contribution in [2.45, 2.75) is 17.4 Å². The van der Waals surface area contributed by atoms with Crippen LogP contribution in [0.15, 0.2) is 59.5 Å². The number of rotatable bonds is 10. The maximum Gasteiger partial charge on any atom is 0.249 e. The molecule has 1 amide bonds. The van der Waals surface area contributed by atoms with Crippen LogP contribution in [0, 0.1) is 0 Å². The second kappa shape index (κ2) is 10.4. The molecule has 3 aromatic rings. The van der Waals surface area contributed by atoms with Crippen molar-refractivity contribution in [1.82, 2.24) is 19.9 Å². The first-order chi connectivity index (χ1) is 14.9. The third-order valence-electron chi connectivity index (χ3n) is 4.36. The first-order valence-corrected chi connectivity index (χ1v) is 12.3. The molecule has 1 heterocycles. The molecule has 3 rings (SSSR count). The number of nitrogens with one attached hydrogen (secondary N) is 3. The highest BCUT2D eigenvalue weighted by molar-refractivity contribution is 7.98. The van der Waals surface area contributed by atoms with Crippen molar-refractivity contribution in [2.75, 3.05) is 24.4 Å². The first kappa shape index (κ1) is 22.8. The fourth-order valence-corrected chi connectivity index (χ4v) is 4.53. The number of hydrogen-bond acceptors (Lipinski definition) is 7. The molecule has 0 spiro atoms. The summed E-state index contributed by atoms with van der Waals surface area (Å²) in [5, 5.41) is 9.36. The summed E-state index contributed by atoms with van der Waals surface area (Å²) in [5.41, 5.74) is 0.682. The Morgan fingerprint density at radius 1 is 1.16 bits per heavy atom. The number of carbonyl (C=O) groups is 1. The number of anilines is 1. The molecule has 0 radical (unpaired) electrons. The van der Waals surface area contributed by atoms with Crippen LogP contribution in [0.25, 0.3) is 11.4 Å². The average Bonchev–Trinajstić information content (AvgIpc) is 3.25. The second-order valence-electron chi connectivity index (χ2n) is 6.47. The van der Waals surface area contributed by atoms with Crippen molar-refractivity contribution in [3.63, 3.8) is 0 Å². The van der Waals surface area contributed by atoms with Gasteiger partial charge in [0.2, 0.25) is 21.9 Å². The van der Waals surface area contributed by atoms with E-state index in [2.05, 4.69) is 25.2 Å². The summed E-state index contributed by atoms with van der Waals surface area (Å²) in [6, 6.07) is 14.2. The number of nitrogens with zero attached hydrogens (tertiary/aromatic N) is 2. The third kappa shape index (κ3) is 5.84. The van der Waals surface area contributed by atoms with Crippen LogP contribution in [0.3, 0.4) is 0 Å². The number of benzene rings is 2. The molecule has 2 aromatic carbocycles. The number of ether oxygens (including phenoxy) is 1. The van der Waals surface area contributed by atoms with Crippen molar-refractivity contribution in [3.8, 4) is 17.1 Å². The number of methoxy groups -OCH3 is 1. The summed E-state index contributed by atoms with van der Waals surface area (Å²) >= 11 is 1.51. The van der Waals surface area contributed by atoms with Gasteiger partial charge in [0.05, 0.1) is 17.6 Å². The van der Waals surface area contributed by atoms with Crippen LogP contribution in [0.2, 0.25) is 0 Å². The SMILES string of the molecule is COc1ccccc1-c1nc(NC(=O)C(CCSC)NS(=O)(=O)c2ccccc2)n[nH]1. The Morgan fingerprint density at radius 3 is 2.58 bits per heavy atom. The lowest BCUT2D eigenvalue weighted by atomic mass is 10.2. The van der Waals surface area contributed by atoms with Crippen LogP contribution in [-0.2, 0) is 14.8 Å². The topological polar surface area (TPSA) is 126 Å². The van der Waals surface area contributed by atoms with Gasteiger partial charge in [0.1, 0.15) is 11.8 Å². The molecule has 1 atom stereocenters. The summed E-state index contributed by atoms with van der Waals surface area (Å²) in [4.78, 5) is 17.2. The number of carbonyl (C=O) groups excluding carboxylic acids is 1. The van der Waals surface area contributed by atoms with E-state index in [0.717, 1.165) is 0 Å². The quantitative estimate of drug-likeness (QED) is 0.423. The highest BCUT2D eigenvalue weighted by Crippen LogP contribution is 2.27. The summed E-state index contributed by atoms with van der Waals surface area (Å²) in [6.45, 7) is 0. The predicted octanol–water partition coefficient (Wildman–Crippen LogP) is 2.52. The van der Waals surface area contributed by atoms with Crippen LogP contribution in [0.5, 0.6) is 5.75 Å². The molecular weight excluding hydrogens is 438 g/mol. The third-order valence-corrected chi connectivity index (χ3v) is 6.49. The number of thioether (sulfide) groups is 1. The summed E-state index contributed by atoms with van der Waals surface area (Å²) in [5.74, 6) is 1.11. The van der Waals surface area contributed by atoms with Crippen molar-refractivity contribution in [1.29, 1.82) is 0 Å². The van der Waals surface area contributed by atoms with Crippen molar-refractivity contribution < 1.29 is 17.9 Å². The van der Waals surface area contributed by atoms with E-state index in [1.165, 1.54) is 23.9 Å². The Hall–Kier alpha value is -2.89. The molecule has 0 saturated heterocycles. The molecular formula is C20H23N5O4S2. The van der Waals surface area contributed by atoms with Crippen LogP contribution in [0.4, 0.5) is 5.95 Å². The maximum atomic E-state index is 12.8. The molecule has 164 valence electrons. The Bertz CT molecular complexity index is 1120. The number of aromatic nitrogens is 3. The molecule has 0 fully saturated rings. The lowest BCUT2D eigenvalue weighted by Gasteiger charge is -2.17. The predicted molar refractivity (Wildman–Crippen MR) is 121 cm³/mol. The van der Waals surface area contributed by atoms with E-state index in [1.54, 1.807) is 37.4 Å². The molecule has 1 unspecified atom stereocenters. The average molecular weight is 462 g/mol. The molecule has 0 aliphatic rings. The number of amides is 1. The Morgan fingerprint density at radius 2 is 1.87 bits per heavy atom. The lowest BCUT2D eigenvalue weighted by Crippen LogP contribution is -2.44. The van der Waals surface area contributed by atoms with Gasteiger partial charge in [0, 0.05) is 0 Å². The molecule has 9 nitrogen and oxygen atoms in total. The lowest BCUT2D eigenvalue weighted by molar-refractivity contribution is -0.117. The molecule has 0 saturated carbocycles. The van der Waals surface area contributed by atoms with Crippen molar-refractivity contribution in [3.05, 3.63) is 54.6 Å². The van der Waals surface area contributed by atoms with Gasteiger partial charge in [-0.3, -0.25) is 15.2 Å². The van der Waals surface area contributed by atoms with Gasteiger partial charge in [-0.15, -0.1) is 5.10 Å².